The zero-order valence-electron chi connectivity index (χ0n) is 9.47. The van der Waals surface area contributed by atoms with Gasteiger partial charge < -0.3 is 9.62 Å². The molecule has 0 fully saturated rings. The number of alkyl halides is 1. The zero-order valence-corrected chi connectivity index (χ0v) is 10.2. The Morgan fingerprint density at radius 1 is 1.24 bits per heavy atom. The van der Waals surface area contributed by atoms with Gasteiger partial charge in [-0.3, -0.25) is 0 Å². The van der Waals surface area contributed by atoms with Crippen molar-refractivity contribution in [2.24, 2.45) is 0 Å². The van der Waals surface area contributed by atoms with E-state index in [0.717, 1.165) is 24.2 Å². The predicted molar refractivity (Wildman–Crippen MR) is 65.9 cm³/mol. The third kappa shape index (κ3) is 3.38. The number of unbranched alkanes of at least 4 members (excludes halogenated alkanes) is 1. The van der Waals surface area contributed by atoms with Crippen molar-refractivity contribution in [1.82, 2.24) is 0 Å². The molecule has 0 radical (unpaired) electrons. The van der Waals surface area contributed by atoms with E-state index < -0.39 is 0 Å². The molecule has 0 bridgehead atoms. The molecule has 3 nitrogen and oxygen atoms in total. The molecule has 4 heteroatoms. The van der Waals surface area contributed by atoms with E-state index >= 15 is 0 Å². The van der Waals surface area contributed by atoms with Crippen LogP contribution in [-0.2, 0) is 9.78 Å². The molecule has 1 aromatic carbocycles. The van der Waals surface area contributed by atoms with E-state index in [1.165, 1.54) is 6.26 Å². The van der Waals surface area contributed by atoms with E-state index in [9.17, 15) is 0 Å². The van der Waals surface area contributed by atoms with E-state index in [4.69, 9.17) is 26.1 Å². The van der Waals surface area contributed by atoms with Gasteiger partial charge in [-0.25, -0.2) is 0 Å². The fourth-order valence-corrected chi connectivity index (χ4v) is 1.80. The van der Waals surface area contributed by atoms with Crippen LogP contribution in [0.15, 0.2) is 36.6 Å². The first kappa shape index (κ1) is 12.3. The van der Waals surface area contributed by atoms with Crippen LogP contribution in [0, 0.1) is 0 Å². The Labute approximate surface area is 106 Å². The molecule has 0 amide bonds. The number of halogens is 1. The first-order valence-corrected chi connectivity index (χ1v) is 6.22. The molecule has 1 aromatic rings. The smallest absolute Gasteiger partial charge is 0.155 e. The molecular formula is C13H15ClO3. The third-order valence-electron chi connectivity index (χ3n) is 2.48. The van der Waals surface area contributed by atoms with E-state index in [2.05, 4.69) is 0 Å². The summed E-state index contributed by atoms with van der Waals surface area (Å²) in [5, 5.41) is 0. The molecule has 0 aliphatic carbocycles. The average Bonchev–Trinajstić information content (AvgIpc) is 2.89. The monoisotopic (exact) mass is 254 g/mol. The van der Waals surface area contributed by atoms with Crippen LogP contribution in [0.1, 0.15) is 24.5 Å². The Balaban J connectivity index is 1.98. The molecule has 0 spiro atoms. The topological polar surface area (TPSA) is 27.7 Å². The average molecular weight is 255 g/mol. The molecule has 2 rings (SSSR count). The van der Waals surface area contributed by atoms with Crippen molar-refractivity contribution in [2.45, 2.75) is 18.9 Å². The SMILES string of the molecule is ClCCCCOc1ccccc1C1C=COO1. The van der Waals surface area contributed by atoms with E-state index in [1.807, 2.05) is 30.3 Å². The zero-order chi connectivity index (χ0) is 11.9. The first-order valence-electron chi connectivity index (χ1n) is 5.68. The molecule has 0 saturated heterocycles. The highest BCUT2D eigenvalue weighted by atomic mass is 35.5. The molecule has 1 aliphatic rings. The van der Waals surface area contributed by atoms with Crippen molar-refractivity contribution in [2.75, 3.05) is 12.5 Å². The highest BCUT2D eigenvalue weighted by molar-refractivity contribution is 6.17. The predicted octanol–water partition coefficient (Wildman–Crippen LogP) is 3.60. The maximum absolute atomic E-state index is 5.72. The second kappa shape index (κ2) is 6.52. The third-order valence-corrected chi connectivity index (χ3v) is 2.75. The first-order chi connectivity index (χ1) is 8.42. The van der Waals surface area contributed by atoms with Gasteiger partial charge in [0.2, 0.25) is 0 Å². The van der Waals surface area contributed by atoms with Crippen molar-refractivity contribution in [1.29, 1.82) is 0 Å². The van der Waals surface area contributed by atoms with Gasteiger partial charge in [0.15, 0.2) is 6.10 Å². The van der Waals surface area contributed by atoms with E-state index in [0.29, 0.717) is 12.5 Å². The molecular weight excluding hydrogens is 240 g/mol. The number of ether oxygens (including phenoxy) is 1. The van der Waals surface area contributed by atoms with Gasteiger partial charge in [0.1, 0.15) is 12.0 Å². The Hall–Kier alpha value is -1.19. The van der Waals surface area contributed by atoms with Crippen LogP contribution in [0.4, 0.5) is 0 Å². The van der Waals surface area contributed by atoms with Crippen molar-refractivity contribution in [3.8, 4) is 5.75 Å². The number of hydrogen-bond acceptors (Lipinski definition) is 3. The second-order valence-corrected chi connectivity index (χ2v) is 4.10. The summed E-state index contributed by atoms with van der Waals surface area (Å²) in [5.41, 5.74) is 0.979. The van der Waals surface area contributed by atoms with Gasteiger partial charge in [-0.1, -0.05) is 18.2 Å². The lowest BCUT2D eigenvalue weighted by Gasteiger charge is -2.13. The van der Waals surface area contributed by atoms with Gasteiger partial charge in [-0.15, -0.1) is 11.6 Å². The van der Waals surface area contributed by atoms with E-state index in [-0.39, 0.29) is 6.10 Å². The van der Waals surface area contributed by atoms with Crippen molar-refractivity contribution in [3.05, 3.63) is 42.2 Å². The Bertz CT molecular complexity index is 379. The van der Waals surface area contributed by atoms with Gasteiger partial charge in [0.05, 0.1) is 6.61 Å². The fraction of sp³-hybridized carbons (Fsp3) is 0.385. The molecule has 1 atom stereocenters. The fourth-order valence-electron chi connectivity index (χ4n) is 1.61. The number of para-hydroxylation sites is 1. The Morgan fingerprint density at radius 2 is 2.12 bits per heavy atom. The minimum absolute atomic E-state index is 0.181. The normalized spacial score (nSPS) is 18.1. The lowest BCUT2D eigenvalue weighted by Crippen LogP contribution is -2.03. The second-order valence-electron chi connectivity index (χ2n) is 3.72. The largest absolute Gasteiger partial charge is 0.493 e. The summed E-state index contributed by atoms with van der Waals surface area (Å²) in [6, 6.07) is 7.81. The summed E-state index contributed by atoms with van der Waals surface area (Å²) in [6.45, 7) is 0.668. The minimum Gasteiger partial charge on any atom is -0.493 e. The molecule has 0 aromatic heterocycles. The Kier molecular flexibility index (Phi) is 4.71. The van der Waals surface area contributed by atoms with Crippen LogP contribution in [0.5, 0.6) is 5.75 Å². The van der Waals surface area contributed by atoms with Gasteiger partial charge in [-0.2, -0.15) is 4.89 Å². The highest BCUT2D eigenvalue weighted by Gasteiger charge is 2.18. The van der Waals surface area contributed by atoms with Gasteiger partial charge >= 0.3 is 0 Å². The molecule has 1 unspecified atom stereocenters. The molecule has 0 saturated carbocycles. The van der Waals surface area contributed by atoms with Crippen LogP contribution in [0.2, 0.25) is 0 Å². The quantitative estimate of drug-likeness (QED) is 0.441. The van der Waals surface area contributed by atoms with E-state index in [1.54, 1.807) is 0 Å². The summed E-state index contributed by atoms with van der Waals surface area (Å²) in [7, 11) is 0. The summed E-state index contributed by atoms with van der Waals surface area (Å²) in [4.78, 5) is 9.85. The molecule has 1 aliphatic heterocycles. The van der Waals surface area contributed by atoms with Crippen LogP contribution < -0.4 is 4.74 Å². The minimum atomic E-state index is -0.181. The lowest BCUT2D eigenvalue weighted by molar-refractivity contribution is -0.254. The summed E-state index contributed by atoms with van der Waals surface area (Å²) < 4.78 is 5.72. The van der Waals surface area contributed by atoms with Crippen LogP contribution in [0.25, 0.3) is 0 Å². The van der Waals surface area contributed by atoms with Crippen LogP contribution in [0.3, 0.4) is 0 Å². The van der Waals surface area contributed by atoms with Crippen molar-refractivity contribution in [3.63, 3.8) is 0 Å². The van der Waals surface area contributed by atoms with Crippen LogP contribution >= 0.6 is 11.6 Å². The van der Waals surface area contributed by atoms with Gasteiger partial charge in [-0.05, 0) is 25.0 Å². The summed E-state index contributed by atoms with van der Waals surface area (Å²) in [6.07, 6.45) is 5.12. The van der Waals surface area contributed by atoms with Gasteiger partial charge in [0.25, 0.3) is 0 Å². The summed E-state index contributed by atoms with van der Waals surface area (Å²) >= 11 is 5.62. The Morgan fingerprint density at radius 3 is 2.88 bits per heavy atom. The number of hydrogen-bond donors (Lipinski definition) is 0. The highest BCUT2D eigenvalue weighted by Crippen LogP contribution is 2.31. The molecule has 0 N–H and O–H groups in total. The van der Waals surface area contributed by atoms with Gasteiger partial charge in [0, 0.05) is 11.4 Å². The standard InChI is InChI=1S/C13H15ClO3/c14-8-3-4-9-15-12-6-2-1-5-11(12)13-7-10-16-17-13/h1-2,5-7,10,13H,3-4,8-9H2. The maximum atomic E-state index is 5.72. The molecule has 1 heterocycles. The van der Waals surface area contributed by atoms with Crippen molar-refractivity contribution >= 4 is 11.6 Å². The molecule has 92 valence electrons. The maximum Gasteiger partial charge on any atom is 0.155 e. The number of benzene rings is 1. The number of rotatable bonds is 6. The summed E-state index contributed by atoms with van der Waals surface area (Å²) in [5.74, 6) is 1.51. The molecule has 17 heavy (non-hydrogen) atoms. The lowest BCUT2D eigenvalue weighted by atomic mass is 10.1. The van der Waals surface area contributed by atoms with Crippen LogP contribution in [-0.4, -0.2) is 12.5 Å². The van der Waals surface area contributed by atoms with Crippen molar-refractivity contribution < 1.29 is 14.5 Å².